The predicted molar refractivity (Wildman–Crippen MR) is 50.0 cm³/mol. The molecule has 0 radical (unpaired) electrons. The van der Waals surface area contributed by atoms with E-state index in [4.69, 9.17) is 10.3 Å². The molecule has 0 heterocycles. The van der Waals surface area contributed by atoms with Crippen molar-refractivity contribution in [2.45, 2.75) is 4.90 Å². The van der Waals surface area contributed by atoms with E-state index in [9.17, 15) is 4.21 Å². The maximum atomic E-state index is 10.7. The van der Waals surface area contributed by atoms with Crippen LogP contribution >= 0.6 is 0 Å². The van der Waals surface area contributed by atoms with E-state index in [-0.39, 0.29) is 4.90 Å². The van der Waals surface area contributed by atoms with Crippen LogP contribution in [-0.2, 0) is 11.1 Å². The Hall–Kier alpha value is -1.13. The second kappa shape index (κ2) is 3.51. The molecule has 0 spiro atoms. The lowest BCUT2D eigenvalue weighted by atomic mass is 10.2. The van der Waals surface area contributed by atoms with Gasteiger partial charge in [-0.3, -0.25) is 0 Å². The molecule has 1 aromatic rings. The molecule has 1 rings (SSSR count). The lowest BCUT2D eigenvalue weighted by Crippen LogP contribution is -1.98. The zero-order chi connectivity index (χ0) is 9.14. The van der Waals surface area contributed by atoms with Gasteiger partial charge in [-0.1, -0.05) is 24.8 Å². The molecule has 0 aromatic heterocycles. The molecule has 0 bridgehead atoms. The SMILES string of the molecule is C=Cc1cccc(S(=O)O)c1N. The van der Waals surface area contributed by atoms with E-state index >= 15 is 0 Å². The highest BCUT2D eigenvalue weighted by Gasteiger charge is 2.06. The fraction of sp³-hybridized carbons (Fsp3) is 0. The van der Waals surface area contributed by atoms with Crippen molar-refractivity contribution in [2.75, 3.05) is 5.73 Å². The number of para-hydroxylation sites is 1. The van der Waals surface area contributed by atoms with Crippen LogP contribution in [0.3, 0.4) is 0 Å². The van der Waals surface area contributed by atoms with Crippen LogP contribution in [-0.4, -0.2) is 8.76 Å². The second-order valence-electron chi connectivity index (χ2n) is 2.21. The first-order chi connectivity index (χ1) is 5.66. The highest BCUT2D eigenvalue weighted by atomic mass is 32.2. The molecule has 3 nitrogen and oxygen atoms in total. The summed E-state index contributed by atoms with van der Waals surface area (Å²) >= 11 is -2.03. The van der Waals surface area contributed by atoms with Crippen molar-refractivity contribution in [2.24, 2.45) is 0 Å². The fourth-order valence-corrected chi connectivity index (χ4v) is 1.39. The first-order valence-electron chi connectivity index (χ1n) is 3.28. The van der Waals surface area contributed by atoms with Gasteiger partial charge in [0.1, 0.15) is 0 Å². The van der Waals surface area contributed by atoms with Gasteiger partial charge in [0.15, 0.2) is 11.1 Å². The van der Waals surface area contributed by atoms with Crippen molar-refractivity contribution in [3.63, 3.8) is 0 Å². The first-order valence-corrected chi connectivity index (χ1v) is 4.39. The van der Waals surface area contributed by atoms with E-state index in [2.05, 4.69) is 6.58 Å². The van der Waals surface area contributed by atoms with Crippen LogP contribution in [0.1, 0.15) is 5.56 Å². The number of nitrogen functional groups attached to an aromatic ring is 1. The van der Waals surface area contributed by atoms with Crippen molar-refractivity contribution in [3.05, 3.63) is 30.3 Å². The zero-order valence-corrected chi connectivity index (χ0v) is 7.17. The Labute approximate surface area is 73.2 Å². The van der Waals surface area contributed by atoms with Crippen molar-refractivity contribution in [1.29, 1.82) is 0 Å². The van der Waals surface area contributed by atoms with Crippen LogP contribution in [0.5, 0.6) is 0 Å². The Bertz CT molecular complexity index is 336. The topological polar surface area (TPSA) is 63.3 Å². The molecule has 1 unspecified atom stereocenters. The minimum Gasteiger partial charge on any atom is -0.397 e. The van der Waals surface area contributed by atoms with Gasteiger partial charge in [0.2, 0.25) is 0 Å². The average Bonchev–Trinajstić information content (AvgIpc) is 2.04. The predicted octanol–water partition coefficient (Wildman–Crippen LogP) is 1.49. The van der Waals surface area contributed by atoms with E-state index in [1.807, 2.05) is 0 Å². The number of benzene rings is 1. The number of hydrogen-bond donors (Lipinski definition) is 2. The fourth-order valence-electron chi connectivity index (χ4n) is 0.891. The number of rotatable bonds is 2. The van der Waals surface area contributed by atoms with E-state index in [0.717, 1.165) is 0 Å². The summed E-state index contributed by atoms with van der Waals surface area (Å²) in [7, 11) is 0. The molecule has 1 atom stereocenters. The molecule has 12 heavy (non-hydrogen) atoms. The molecule has 0 fully saturated rings. The zero-order valence-electron chi connectivity index (χ0n) is 6.36. The molecule has 0 amide bonds. The highest BCUT2D eigenvalue weighted by molar-refractivity contribution is 7.79. The van der Waals surface area contributed by atoms with E-state index in [1.165, 1.54) is 6.07 Å². The van der Waals surface area contributed by atoms with Gasteiger partial charge < -0.3 is 10.3 Å². The van der Waals surface area contributed by atoms with Gasteiger partial charge in [-0.25, -0.2) is 4.21 Å². The van der Waals surface area contributed by atoms with Gasteiger partial charge in [0.25, 0.3) is 0 Å². The molecule has 0 saturated carbocycles. The van der Waals surface area contributed by atoms with E-state index in [1.54, 1.807) is 18.2 Å². The van der Waals surface area contributed by atoms with Crippen molar-refractivity contribution in [3.8, 4) is 0 Å². The number of nitrogens with two attached hydrogens (primary N) is 1. The molecule has 3 N–H and O–H groups in total. The summed E-state index contributed by atoms with van der Waals surface area (Å²) < 4.78 is 19.5. The van der Waals surface area contributed by atoms with Gasteiger partial charge in [-0.15, -0.1) is 0 Å². The summed E-state index contributed by atoms with van der Waals surface area (Å²) in [6.07, 6.45) is 1.55. The van der Waals surface area contributed by atoms with Gasteiger partial charge in [-0.2, -0.15) is 0 Å². The van der Waals surface area contributed by atoms with E-state index in [0.29, 0.717) is 11.3 Å². The molecule has 0 aliphatic heterocycles. The highest BCUT2D eigenvalue weighted by Crippen LogP contribution is 2.20. The smallest absolute Gasteiger partial charge is 0.188 e. The third kappa shape index (κ3) is 1.54. The summed E-state index contributed by atoms with van der Waals surface area (Å²) in [6, 6.07) is 4.91. The summed E-state index contributed by atoms with van der Waals surface area (Å²) in [4.78, 5) is 0.229. The monoisotopic (exact) mass is 183 g/mol. The summed E-state index contributed by atoms with van der Waals surface area (Å²) in [5.74, 6) is 0. The Morgan fingerprint density at radius 2 is 2.25 bits per heavy atom. The molecule has 64 valence electrons. The maximum Gasteiger partial charge on any atom is 0.188 e. The number of anilines is 1. The normalized spacial score (nSPS) is 12.4. The lowest BCUT2D eigenvalue weighted by molar-refractivity contribution is 0.565. The molecule has 0 aliphatic rings. The molecule has 1 aromatic carbocycles. The first kappa shape index (κ1) is 8.96. The average molecular weight is 183 g/mol. The largest absolute Gasteiger partial charge is 0.397 e. The number of hydrogen-bond acceptors (Lipinski definition) is 2. The molecular weight excluding hydrogens is 174 g/mol. The van der Waals surface area contributed by atoms with Gasteiger partial charge in [0, 0.05) is 0 Å². The summed E-state index contributed by atoms with van der Waals surface area (Å²) in [5, 5.41) is 0. The standard InChI is InChI=1S/C8H9NO2S/c1-2-6-4-3-5-7(8(6)9)12(10)11/h2-5H,1,9H2,(H,10,11). The molecular formula is C8H9NO2S. The second-order valence-corrected chi connectivity index (χ2v) is 3.15. The van der Waals surface area contributed by atoms with Crippen LogP contribution in [0, 0.1) is 0 Å². The van der Waals surface area contributed by atoms with Crippen molar-refractivity contribution >= 4 is 22.8 Å². The van der Waals surface area contributed by atoms with Crippen LogP contribution in [0.15, 0.2) is 29.7 Å². The third-order valence-corrected chi connectivity index (χ3v) is 2.24. The Morgan fingerprint density at radius 1 is 1.58 bits per heavy atom. The van der Waals surface area contributed by atoms with Crippen LogP contribution in [0.2, 0.25) is 0 Å². The van der Waals surface area contributed by atoms with Crippen LogP contribution < -0.4 is 5.73 Å². The minimum atomic E-state index is -2.03. The lowest BCUT2D eigenvalue weighted by Gasteiger charge is -2.03. The van der Waals surface area contributed by atoms with Gasteiger partial charge >= 0.3 is 0 Å². The van der Waals surface area contributed by atoms with Crippen LogP contribution in [0.25, 0.3) is 6.08 Å². The van der Waals surface area contributed by atoms with Gasteiger partial charge in [-0.05, 0) is 11.6 Å². The Balaban J connectivity index is 3.32. The van der Waals surface area contributed by atoms with Crippen molar-refractivity contribution in [1.82, 2.24) is 0 Å². The molecule has 0 saturated heterocycles. The van der Waals surface area contributed by atoms with Crippen molar-refractivity contribution < 1.29 is 8.76 Å². The Morgan fingerprint density at radius 3 is 2.75 bits per heavy atom. The minimum absolute atomic E-state index is 0.229. The maximum absolute atomic E-state index is 10.7. The van der Waals surface area contributed by atoms with Gasteiger partial charge in [0.05, 0.1) is 10.6 Å². The quantitative estimate of drug-likeness (QED) is 0.539. The summed E-state index contributed by atoms with van der Waals surface area (Å²) in [6.45, 7) is 3.53. The van der Waals surface area contributed by atoms with E-state index < -0.39 is 11.1 Å². The summed E-state index contributed by atoms with van der Waals surface area (Å²) in [5.41, 5.74) is 6.56. The third-order valence-electron chi connectivity index (χ3n) is 1.51. The molecule has 4 heteroatoms. The van der Waals surface area contributed by atoms with Crippen LogP contribution in [0.4, 0.5) is 5.69 Å². The molecule has 0 aliphatic carbocycles. The Kier molecular flexibility index (Phi) is 2.62.